The number of esters is 1. The summed E-state index contributed by atoms with van der Waals surface area (Å²) >= 11 is 3.42. The van der Waals surface area contributed by atoms with Crippen molar-refractivity contribution < 1.29 is 14.3 Å². The van der Waals surface area contributed by atoms with Crippen molar-refractivity contribution in [3.63, 3.8) is 0 Å². The summed E-state index contributed by atoms with van der Waals surface area (Å²) in [5.74, 6) is 0.314. The molecule has 0 amide bonds. The zero-order valence-corrected chi connectivity index (χ0v) is 11.6. The highest BCUT2D eigenvalue weighted by Crippen LogP contribution is 2.29. The predicted molar refractivity (Wildman–Crippen MR) is 73.8 cm³/mol. The molecule has 0 aliphatic rings. The van der Waals surface area contributed by atoms with Gasteiger partial charge in [0.2, 0.25) is 0 Å². The smallest absolute Gasteiger partial charge is 0.344 e. The standard InChI is InChI=1S/C14H13BrO3/c1-2-17-14(16)9-18-13-8-11(15)7-10-5-3-4-6-12(10)13/h3-8H,2,9H2,1H3. The normalized spacial score (nSPS) is 10.3. The molecule has 2 rings (SSSR count). The number of fused-ring (bicyclic) bond motifs is 1. The van der Waals surface area contributed by atoms with E-state index in [1.165, 1.54) is 0 Å². The lowest BCUT2D eigenvalue weighted by Crippen LogP contribution is -2.14. The van der Waals surface area contributed by atoms with Crippen LogP contribution in [0.4, 0.5) is 0 Å². The number of hydrogen-bond donors (Lipinski definition) is 0. The fourth-order valence-electron chi connectivity index (χ4n) is 1.70. The molecule has 0 unspecified atom stereocenters. The molecule has 18 heavy (non-hydrogen) atoms. The first-order valence-corrected chi connectivity index (χ1v) is 6.46. The molecule has 0 fully saturated rings. The number of halogens is 1. The molecule has 0 atom stereocenters. The molecule has 0 aliphatic heterocycles. The summed E-state index contributed by atoms with van der Waals surface area (Å²) in [6.45, 7) is 2.06. The summed E-state index contributed by atoms with van der Waals surface area (Å²) in [7, 11) is 0. The molecule has 0 heterocycles. The van der Waals surface area contributed by atoms with E-state index in [2.05, 4.69) is 15.9 Å². The van der Waals surface area contributed by atoms with Crippen LogP contribution in [0.15, 0.2) is 40.9 Å². The van der Waals surface area contributed by atoms with E-state index in [9.17, 15) is 4.79 Å². The molecule has 0 aliphatic carbocycles. The van der Waals surface area contributed by atoms with Crippen LogP contribution in [0.25, 0.3) is 10.8 Å². The molecule has 0 N–H and O–H groups in total. The van der Waals surface area contributed by atoms with Crippen LogP contribution in [-0.2, 0) is 9.53 Å². The molecular formula is C14H13BrO3. The maximum Gasteiger partial charge on any atom is 0.344 e. The topological polar surface area (TPSA) is 35.5 Å². The first-order chi connectivity index (χ1) is 8.70. The van der Waals surface area contributed by atoms with E-state index >= 15 is 0 Å². The SMILES string of the molecule is CCOC(=O)COc1cc(Br)cc2ccccc12. The number of benzene rings is 2. The van der Waals surface area contributed by atoms with Crippen LogP contribution in [0.5, 0.6) is 5.75 Å². The maximum atomic E-state index is 11.3. The van der Waals surface area contributed by atoms with Crippen molar-refractivity contribution in [3.8, 4) is 5.75 Å². The third kappa shape index (κ3) is 3.01. The van der Waals surface area contributed by atoms with Crippen molar-refractivity contribution >= 4 is 32.7 Å². The highest BCUT2D eigenvalue weighted by molar-refractivity contribution is 9.10. The van der Waals surface area contributed by atoms with Crippen LogP contribution in [0.1, 0.15) is 6.92 Å². The van der Waals surface area contributed by atoms with E-state index in [1.54, 1.807) is 6.92 Å². The molecule has 3 nitrogen and oxygen atoms in total. The van der Waals surface area contributed by atoms with Gasteiger partial charge < -0.3 is 9.47 Å². The number of carbonyl (C=O) groups excluding carboxylic acids is 1. The van der Waals surface area contributed by atoms with Crippen LogP contribution in [0.3, 0.4) is 0 Å². The van der Waals surface area contributed by atoms with Gasteiger partial charge >= 0.3 is 5.97 Å². The van der Waals surface area contributed by atoms with Crippen molar-refractivity contribution in [2.45, 2.75) is 6.92 Å². The fraction of sp³-hybridized carbons (Fsp3) is 0.214. The van der Waals surface area contributed by atoms with Crippen molar-refractivity contribution in [3.05, 3.63) is 40.9 Å². The highest BCUT2D eigenvalue weighted by atomic mass is 79.9. The Hall–Kier alpha value is -1.55. The average Bonchev–Trinajstić information content (AvgIpc) is 2.36. The van der Waals surface area contributed by atoms with Gasteiger partial charge in [-0.05, 0) is 24.4 Å². The zero-order chi connectivity index (χ0) is 13.0. The van der Waals surface area contributed by atoms with Crippen LogP contribution < -0.4 is 4.74 Å². The predicted octanol–water partition coefficient (Wildman–Crippen LogP) is 3.54. The zero-order valence-electron chi connectivity index (χ0n) is 9.98. The van der Waals surface area contributed by atoms with E-state index in [0.29, 0.717) is 12.4 Å². The molecule has 0 bridgehead atoms. The van der Waals surface area contributed by atoms with Crippen molar-refractivity contribution in [2.75, 3.05) is 13.2 Å². The van der Waals surface area contributed by atoms with E-state index in [0.717, 1.165) is 15.2 Å². The lowest BCUT2D eigenvalue weighted by molar-refractivity contribution is -0.145. The molecule has 0 saturated carbocycles. The summed E-state index contributed by atoms with van der Waals surface area (Å²) in [4.78, 5) is 11.3. The van der Waals surface area contributed by atoms with Gasteiger partial charge in [-0.15, -0.1) is 0 Å². The van der Waals surface area contributed by atoms with Gasteiger partial charge in [0.15, 0.2) is 6.61 Å². The Bertz CT molecular complexity index is 566. The average molecular weight is 309 g/mol. The second-order valence-corrected chi connectivity index (χ2v) is 4.63. The minimum Gasteiger partial charge on any atom is -0.481 e. The fourth-order valence-corrected chi connectivity index (χ4v) is 2.15. The number of rotatable bonds is 4. The Morgan fingerprint density at radius 3 is 2.83 bits per heavy atom. The molecule has 0 radical (unpaired) electrons. The Kier molecular flexibility index (Phi) is 4.20. The van der Waals surface area contributed by atoms with E-state index in [1.807, 2.05) is 36.4 Å². The molecular weight excluding hydrogens is 296 g/mol. The van der Waals surface area contributed by atoms with Gasteiger partial charge in [-0.2, -0.15) is 0 Å². The van der Waals surface area contributed by atoms with Gasteiger partial charge in [-0.25, -0.2) is 4.79 Å². The summed E-state index contributed by atoms with van der Waals surface area (Å²) in [5.41, 5.74) is 0. The minimum atomic E-state index is -0.360. The molecule has 4 heteroatoms. The first-order valence-electron chi connectivity index (χ1n) is 5.67. The highest BCUT2D eigenvalue weighted by Gasteiger charge is 2.07. The molecule has 2 aromatic carbocycles. The van der Waals surface area contributed by atoms with E-state index in [4.69, 9.17) is 9.47 Å². The van der Waals surface area contributed by atoms with Crippen LogP contribution in [-0.4, -0.2) is 19.2 Å². The van der Waals surface area contributed by atoms with Crippen LogP contribution in [0, 0.1) is 0 Å². The second-order valence-electron chi connectivity index (χ2n) is 3.72. The molecule has 2 aromatic rings. The summed E-state index contributed by atoms with van der Waals surface area (Å²) < 4.78 is 11.3. The van der Waals surface area contributed by atoms with Gasteiger partial charge in [0.05, 0.1) is 6.61 Å². The summed E-state index contributed by atoms with van der Waals surface area (Å²) in [6.07, 6.45) is 0. The molecule has 0 saturated heterocycles. The third-order valence-electron chi connectivity index (χ3n) is 2.44. The Balaban J connectivity index is 2.24. The number of ether oxygens (including phenoxy) is 2. The third-order valence-corrected chi connectivity index (χ3v) is 2.90. The summed E-state index contributed by atoms with van der Waals surface area (Å²) in [6, 6.07) is 11.7. The van der Waals surface area contributed by atoms with E-state index in [-0.39, 0.29) is 12.6 Å². The number of carbonyl (C=O) groups is 1. The molecule has 0 spiro atoms. The summed E-state index contributed by atoms with van der Waals surface area (Å²) in [5, 5.41) is 2.04. The minimum absolute atomic E-state index is 0.0751. The van der Waals surface area contributed by atoms with E-state index < -0.39 is 0 Å². The maximum absolute atomic E-state index is 11.3. The largest absolute Gasteiger partial charge is 0.481 e. The number of hydrogen-bond acceptors (Lipinski definition) is 3. The van der Waals surface area contributed by atoms with Crippen molar-refractivity contribution in [1.29, 1.82) is 0 Å². The van der Waals surface area contributed by atoms with Gasteiger partial charge in [-0.1, -0.05) is 40.2 Å². The van der Waals surface area contributed by atoms with Gasteiger partial charge in [-0.3, -0.25) is 0 Å². The van der Waals surface area contributed by atoms with Gasteiger partial charge in [0.25, 0.3) is 0 Å². The first kappa shape index (κ1) is 12.9. The monoisotopic (exact) mass is 308 g/mol. The van der Waals surface area contributed by atoms with Crippen molar-refractivity contribution in [2.24, 2.45) is 0 Å². The Labute approximate surface area is 114 Å². The lowest BCUT2D eigenvalue weighted by atomic mass is 10.1. The molecule has 94 valence electrons. The quantitative estimate of drug-likeness (QED) is 0.810. The van der Waals surface area contributed by atoms with Crippen molar-refractivity contribution in [1.82, 2.24) is 0 Å². The lowest BCUT2D eigenvalue weighted by Gasteiger charge is -2.09. The van der Waals surface area contributed by atoms with Gasteiger partial charge in [0.1, 0.15) is 5.75 Å². The second kappa shape index (κ2) is 5.87. The van der Waals surface area contributed by atoms with Crippen LogP contribution in [0.2, 0.25) is 0 Å². The Morgan fingerprint density at radius 1 is 1.28 bits per heavy atom. The van der Waals surface area contributed by atoms with Gasteiger partial charge in [0, 0.05) is 9.86 Å². The molecule has 0 aromatic heterocycles. The Morgan fingerprint density at radius 2 is 2.06 bits per heavy atom. The van der Waals surface area contributed by atoms with Crippen LogP contribution >= 0.6 is 15.9 Å².